The molecule has 0 aromatic rings. The fourth-order valence-corrected chi connectivity index (χ4v) is 8.93. The maximum Gasteiger partial charge on any atom is 0.305 e. The number of aliphatic hydroxyl groups is 2. The molecular formula is C57H111NO5. The molecule has 0 saturated carbocycles. The highest BCUT2D eigenvalue weighted by atomic mass is 16.5. The van der Waals surface area contributed by atoms with Gasteiger partial charge in [-0.05, 0) is 51.4 Å². The molecular weight excluding hydrogens is 779 g/mol. The number of amides is 1. The number of ether oxygens (including phenoxy) is 1. The van der Waals surface area contributed by atoms with Gasteiger partial charge < -0.3 is 20.3 Å². The lowest BCUT2D eigenvalue weighted by molar-refractivity contribution is -0.143. The molecule has 63 heavy (non-hydrogen) atoms. The molecule has 2 atom stereocenters. The minimum Gasteiger partial charge on any atom is -0.466 e. The molecule has 0 aliphatic carbocycles. The second-order valence-electron chi connectivity index (χ2n) is 19.6. The minimum absolute atomic E-state index is 0.00527. The summed E-state index contributed by atoms with van der Waals surface area (Å²) in [4.78, 5) is 24.5. The monoisotopic (exact) mass is 890 g/mol. The van der Waals surface area contributed by atoms with Crippen molar-refractivity contribution in [3.63, 3.8) is 0 Å². The Morgan fingerprint density at radius 2 is 0.746 bits per heavy atom. The Morgan fingerprint density at radius 3 is 1.13 bits per heavy atom. The third-order valence-electron chi connectivity index (χ3n) is 13.3. The first-order valence-electron chi connectivity index (χ1n) is 28.4. The van der Waals surface area contributed by atoms with Crippen molar-refractivity contribution in [2.45, 2.75) is 328 Å². The van der Waals surface area contributed by atoms with E-state index in [2.05, 4.69) is 31.3 Å². The van der Waals surface area contributed by atoms with E-state index in [9.17, 15) is 19.8 Å². The third-order valence-corrected chi connectivity index (χ3v) is 13.3. The molecule has 0 heterocycles. The molecule has 1 amide bonds. The quantitative estimate of drug-likeness (QED) is 0.0321. The first-order chi connectivity index (χ1) is 31.0. The minimum atomic E-state index is -0.672. The highest BCUT2D eigenvalue weighted by Crippen LogP contribution is 2.17. The summed E-state index contributed by atoms with van der Waals surface area (Å²) >= 11 is 0. The first-order valence-corrected chi connectivity index (χ1v) is 28.4. The summed E-state index contributed by atoms with van der Waals surface area (Å²) in [7, 11) is 0. The van der Waals surface area contributed by atoms with Gasteiger partial charge in [0.25, 0.3) is 0 Å². The van der Waals surface area contributed by atoms with Gasteiger partial charge in [-0.2, -0.15) is 0 Å². The van der Waals surface area contributed by atoms with Crippen LogP contribution in [0.15, 0.2) is 12.2 Å². The number of unbranched alkanes of at least 4 members (excludes halogenated alkanes) is 40. The molecule has 0 radical (unpaired) electrons. The Bertz CT molecular complexity index is 939. The van der Waals surface area contributed by atoms with E-state index < -0.39 is 12.1 Å². The van der Waals surface area contributed by atoms with Gasteiger partial charge in [0.1, 0.15) is 0 Å². The molecule has 6 heteroatoms. The van der Waals surface area contributed by atoms with Crippen LogP contribution in [-0.4, -0.2) is 47.4 Å². The molecule has 6 nitrogen and oxygen atoms in total. The largest absolute Gasteiger partial charge is 0.466 e. The molecule has 0 fully saturated rings. The van der Waals surface area contributed by atoms with Crippen LogP contribution in [0, 0.1) is 0 Å². The zero-order valence-corrected chi connectivity index (χ0v) is 42.6. The second-order valence-corrected chi connectivity index (χ2v) is 19.6. The fourth-order valence-electron chi connectivity index (χ4n) is 8.93. The van der Waals surface area contributed by atoms with Crippen molar-refractivity contribution < 1.29 is 24.5 Å². The van der Waals surface area contributed by atoms with Crippen molar-refractivity contribution >= 4 is 11.9 Å². The van der Waals surface area contributed by atoms with Gasteiger partial charge in [-0.1, -0.05) is 264 Å². The number of hydrogen-bond donors (Lipinski definition) is 3. The predicted molar refractivity (Wildman–Crippen MR) is 273 cm³/mol. The number of carbonyl (C=O) groups is 2. The number of allylic oxidation sites excluding steroid dienone is 2. The molecule has 0 aromatic heterocycles. The van der Waals surface area contributed by atoms with Gasteiger partial charge in [0.05, 0.1) is 25.4 Å². The summed E-state index contributed by atoms with van der Waals surface area (Å²) in [6, 6.07) is -0.551. The van der Waals surface area contributed by atoms with Gasteiger partial charge in [0.2, 0.25) is 5.91 Å². The van der Waals surface area contributed by atoms with Crippen molar-refractivity contribution in [1.29, 1.82) is 0 Å². The molecule has 0 saturated heterocycles. The van der Waals surface area contributed by atoms with Gasteiger partial charge >= 0.3 is 5.97 Å². The van der Waals surface area contributed by atoms with Gasteiger partial charge in [-0.25, -0.2) is 0 Å². The summed E-state index contributed by atoms with van der Waals surface area (Å²) < 4.78 is 5.48. The third kappa shape index (κ3) is 49.9. The van der Waals surface area contributed by atoms with E-state index in [-0.39, 0.29) is 18.5 Å². The van der Waals surface area contributed by atoms with Crippen molar-refractivity contribution in [1.82, 2.24) is 5.32 Å². The van der Waals surface area contributed by atoms with Crippen LogP contribution in [0.25, 0.3) is 0 Å². The molecule has 0 aliphatic heterocycles. The lowest BCUT2D eigenvalue weighted by atomic mass is 10.0. The zero-order valence-electron chi connectivity index (χ0n) is 42.6. The van der Waals surface area contributed by atoms with Gasteiger partial charge in [-0.15, -0.1) is 0 Å². The van der Waals surface area contributed by atoms with E-state index in [0.717, 1.165) is 70.6 Å². The molecule has 0 aromatic carbocycles. The van der Waals surface area contributed by atoms with E-state index in [1.165, 1.54) is 212 Å². The van der Waals surface area contributed by atoms with Crippen LogP contribution in [0.5, 0.6) is 0 Å². The summed E-state index contributed by atoms with van der Waals surface area (Å²) in [5.41, 5.74) is 0. The number of rotatable bonds is 53. The van der Waals surface area contributed by atoms with Crippen LogP contribution in [-0.2, 0) is 14.3 Å². The van der Waals surface area contributed by atoms with Crippen molar-refractivity contribution in [2.24, 2.45) is 0 Å². The SMILES string of the molecule is CCCCCCCCCCCCCCCCCCCCC(=O)OCCCCCC/C=C\CCCCCCCCCC(=O)NC(CO)C(O)CCCCCCCCCCCCCCC. The average Bonchev–Trinajstić information content (AvgIpc) is 3.28. The van der Waals surface area contributed by atoms with Crippen LogP contribution in [0.4, 0.5) is 0 Å². The van der Waals surface area contributed by atoms with Gasteiger partial charge in [-0.3, -0.25) is 9.59 Å². The molecule has 0 aliphatic rings. The van der Waals surface area contributed by atoms with Crippen LogP contribution in [0.2, 0.25) is 0 Å². The standard InChI is InChI=1S/C57H111NO5/c1-3-5-7-9-11-13-15-17-18-19-20-23-27-31-35-39-43-47-51-57(62)63-52-48-44-40-36-32-28-24-21-22-26-30-34-38-42-46-50-56(61)58-54(53-59)55(60)49-45-41-37-33-29-25-16-14-12-10-8-6-4-2/h24,28,54-55,59-60H,3-23,25-27,29-53H2,1-2H3,(H,58,61)/b28-24-. The summed E-state index contributed by atoms with van der Waals surface area (Å²) in [5, 5.41) is 23.2. The Hall–Kier alpha value is -1.40. The first kappa shape index (κ1) is 61.6. The van der Waals surface area contributed by atoms with E-state index in [4.69, 9.17) is 4.74 Å². The Morgan fingerprint density at radius 1 is 0.429 bits per heavy atom. The summed E-state index contributed by atoms with van der Waals surface area (Å²) in [6.07, 6.45) is 62.0. The number of hydrogen-bond acceptors (Lipinski definition) is 5. The Kier molecular flexibility index (Phi) is 52.0. The highest BCUT2D eigenvalue weighted by molar-refractivity contribution is 5.76. The summed E-state index contributed by atoms with van der Waals surface area (Å²) in [5.74, 6) is -0.0543. The molecule has 0 bridgehead atoms. The average molecular weight is 891 g/mol. The number of aliphatic hydroxyl groups excluding tert-OH is 2. The lowest BCUT2D eigenvalue weighted by Crippen LogP contribution is -2.45. The van der Waals surface area contributed by atoms with Gasteiger partial charge in [0, 0.05) is 12.8 Å². The lowest BCUT2D eigenvalue weighted by Gasteiger charge is -2.22. The number of carbonyl (C=O) groups excluding carboxylic acids is 2. The Labute approximate surface area is 393 Å². The second kappa shape index (κ2) is 53.2. The smallest absolute Gasteiger partial charge is 0.305 e. The van der Waals surface area contributed by atoms with E-state index in [1.807, 2.05) is 0 Å². The van der Waals surface area contributed by atoms with E-state index in [0.29, 0.717) is 25.9 Å². The molecule has 0 spiro atoms. The van der Waals surface area contributed by atoms with Crippen molar-refractivity contribution in [3.8, 4) is 0 Å². The van der Waals surface area contributed by atoms with Crippen molar-refractivity contribution in [3.05, 3.63) is 12.2 Å². The van der Waals surface area contributed by atoms with Crippen molar-refractivity contribution in [2.75, 3.05) is 13.2 Å². The maximum absolute atomic E-state index is 12.4. The molecule has 374 valence electrons. The van der Waals surface area contributed by atoms with Gasteiger partial charge in [0.15, 0.2) is 0 Å². The zero-order chi connectivity index (χ0) is 45.8. The predicted octanol–water partition coefficient (Wildman–Crippen LogP) is 17.3. The number of nitrogens with one attached hydrogen (secondary N) is 1. The molecule has 2 unspecified atom stereocenters. The number of esters is 1. The van der Waals surface area contributed by atoms with Crippen LogP contribution in [0.1, 0.15) is 316 Å². The highest BCUT2D eigenvalue weighted by Gasteiger charge is 2.20. The molecule has 3 N–H and O–H groups in total. The van der Waals surface area contributed by atoms with E-state index in [1.54, 1.807) is 0 Å². The van der Waals surface area contributed by atoms with Crippen LogP contribution in [0.3, 0.4) is 0 Å². The van der Waals surface area contributed by atoms with Crippen LogP contribution >= 0.6 is 0 Å². The maximum atomic E-state index is 12.4. The summed E-state index contributed by atoms with van der Waals surface area (Å²) in [6.45, 7) is 4.93. The van der Waals surface area contributed by atoms with Crippen LogP contribution < -0.4 is 5.32 Å². The topological polar surface area (TPSA) is 95.9 Å². The fraction of sp³-hybridized carbons (Fsp3) is 0.930. The normalized spacial score (nSPS) is 12.6. The Balaban J connectivity index is 3.43. The van der Waals surface area contributed by atoms with E-state index >= 15 is 0 Å². The molecule has 0 rings (SSSR count).